The average molecular weight is 275 g/mol. The van der Waals surface area contributed by atoms with Gasteiger partial charge in [-0.2, -0.15) is 0 Å². The second-order valence-corrected chi connectivity index (χ2v) is 3.79. The van der Waals surface area contributed by atoms with E-state index in [1.807, 2.05) is 0 Å². The van der Waals surface area contributed by atoms with Crippen LogP contribution in [0.1, 0.15) is 25.7 Å². The lowest BCUT2D eigenvalue weighted by atomic mass is 10.1. The summed E-state index contributed by atoms with van der Waals surface area (Å²) in [5, 5.41) is 21.7. The zero-order valence-corrected chi connectivity index (χ0v) is 10.2. The topological polar surface area (TPSA) is 159 Å². The van der Waals surface area contributed by atoms with E-state index < -0.39 is 29.9 Å². The number of primary amides is 1. The van der Waals surface area contributed by atoms with Crippen molar-refractivity contribution in [3.8, 4) is 0 Å². The number of carboxylic acids is 2. The molecule has 0 heterocycles. The van der Waals surface area contributed by atoms with E-state index in [-0.39, 0.29) is 25.8 Å². The number of nitrogens with one attached hydrogen (secondary N) is 2. The maximum Gasteiger partial charge on any atom is 0.326 e. The van der Waals surface area contributed by atoms with Gasteiger partial charge in [0.25, 0.3) is 0 Å². The van der Waals surface area contributed by atoms with Gasteiger partial charge in [-0.1, -0.05) is 0 Å². The van der Waals surface area contributed by atoms with E-state index >= 15 is 0 Å². The Kier molecular flexibility index (Phi) is 7.66. The van der Waals surface area contributed by atoms with Crippen LogP contribution in [-0.4, -0.2) is 46.7 Å². The van der Waals surface area contributed by atoms with Gasteiger partial charge in [-0.25, -0.2) is 9.59 Å². The number of amides is 3. The van der Waals surface area contributed by atoms with Crippen molar-refractivity contribution in [1.82, 2.24) is 10.6 Å². The van der Waals surface area contributed by atoms with Gasteiger partial charge >= 0.3 is 18.0 Å². The third-order valence-corrected chi connectivity index (χ3v) is 2.14. The maximum absolute atomic E-state index is 11.3. The fourth-order valence-electron chi connectivity index (χ4n) is 1.20. The Balaban J connectivity index is 3.99. The van der Waals surface area contributed by atoms with Crippen molar-refractivity contribution < 1.29 is 29.4 Å². The quantitative estimate of drug-likeness (QED) is 0.335. The molecule has 0 aliphatic carbocycles. The predicted molar refractivity (Wildman–Crippen MR) is 63.3 cm³/mol. The first-order chi connectivity index (χ1) is 8.82. The maximum atomic E-state index is 11.3. The van der Waals surface area contributed by atoms with Crippen molar-refractivity contribution in [2.75, 3.05) is 6.54 Å². The smallest absolute Gasteiger partial charge is 0.326 e. The molecule has 1 atom stereocenters. The second-order valence-electron chi connectivity index (χ2n) is 3.79. The minimum Gasteiger partial charge on any atom is -0.481 e. The van der Waals surface area contributed by atoms with Gasteiger partial charge in [-0.15, -0.1) is 0 Å². The Bertz CT molecular complexity index is 357. The molecular weight excluding hydrogens is 258 g/mol. The van der Waals surface area contributed by atoms with Gasteiger partial charge in [0.15, 0.2) is 0 Å². The van der Waals surface area contributed by atoms with Crippen molar-refractivity contribution in [2.24, 2.45) is 5.73 Å². The summed E-state index contributed by atoms with van der Waals surface area (Å²) in [6.07, 6.45) is -0.116. The summed E-state index contributed by atoms with van der Waals surface area (Å²) in [6, 6.07) is -2.01. The number of aliphatic carboxylic acids is 2. The molecule has 6 N–H and O–H groups in total. The Morgan fingerprint density at radius 1 is 1.11 bits per heavy atom. The van der Waals surface area contributed by atoms with E-state index in [2.05, 4.69) is 10.6 Å². The van der Waals surface area contributed by atoms with E-state index in [1.165, 1.54) is 0 Å². The minimum atomic E-state index is -1.31. The van der Waals surface area contributed by atoms with Gasteiger partial charge in [-0.3, -0.25) is 9.59 Å². The molecule has 9 heteroatoms. The first kappa shape index (κ1) is 16.7. The van der Waals surface area contributed by atoms with Gasteiger partial charge < -0.3 is 26.6 Å². The van der Waals surface area contributed by atoms with E-state index in [0.29, 0.717) is 6.42 Å². The molecule has 0 fully saturated rings. The highest BCUT2D eigenvalue weighted by Crippen LogP contribution is 1.98. The monoisotopic (exact) mass is 275 g/mol. The van der Waals surface area contributed by atoms with Crippen LogP contribution in [0.5, 0.6) is 0 Å². The molecule has 0 unspecified atom stereocenters. The summed E-state index contributed by atoms with van der Waals surface area (Å²) < 4.78 is 0. The van der Waals surface area contributed by atoms with Gasteiger partial charge in [-0.05, 0) is 12.8 Å². The minimum absolute atomic E-state index is 0.113. The SMILES string of the molecule is NC(=O)CCCNC(=O)N[C@@H](CCC(=O)O)C(=O)O. The van der Waals surface area contributed by atoms with Crippen LogP contribution in [0.15, 0.2) is 0 Å². The lowest BCUT2D eigenvalue weighted by Crippen LogP contribution is -2.46. The van der Waals surface area contributed by atoms with Crippen LogP contribution in [0.3, 0.4) is 0 Å². The molecule has 0 aliphatic heterocycles. The zero-order valence-electron chi connectivity index (χ0n) is 10.2. The number of urea groups is 1. The number of hydrogen-bond acceptors (Lipinski definition) is 4. The van der Waals surface area contributed by atoms with Crippen molar-refractivity contribution in [1.29, 1.82) is 0 Å². The Hall–Kier alpha value is -2.32. The van der Waals surface area contributed by atoms with Gasteiger partial charge in [0, 0.05) is 19.4 Å². The van der Waals surface area contributed by atoms with Crippen LogP contribution < -0.4 is 16.4 Å². The third-order valence-electron chi connectivity index (χ3n) is 2.14. The summed E-state index contributed by atoms with van der Waals surface area (Å²) in [4.78, 5) is 42.8. The molecule has 0 aromatic heterocycles. The number of rotatable bonds is 9. The number of carbonyl (C=O) groups is 4. The van der Waals surface area contributed by atoms with Crippen LogP contribution in [0, 0.1) is 0 Å². The molecule has 108 valence electrons. The molecule has 3 amide bonds. The van der Waals surface area contributed by atoms with Gasteiger partial charge in [0.05, 0.1) is 0 Å². The molecule has 0 rings (SSSR count). The summed E-state index contributed by atoms with van der Waals surface area (Å²) in [6.45, 7) is 0.167. The lowest BCUT2D eigenvalue weighted by molar-refractivity contribution is -0.140. The van der Waals surface area contributed by atoms with Crippen molar-refractivity contribution in [3.63, 3.8) is 0 Å². The van der Waals surface area contributed by atoms with Crippen molar-refractivity contribution >= 4 is 23.9 Å². The molecule has 0 saturated heterocycles. The first-order valence-electron chi connectivity index (χ1n) is 5.60. The van der Waals surface area contributed by atoms with Crippen LogP contribution in [0.2, 0.25) is 0 Å². The zero-order chi connectivity index (χ0) is 14.8. The predicted octanol–water partition coefficient (Wildman–Crippen LogP) is -1.13. The van der Waals surface area contributed by atoms with Crippen LogP contribution in [-0.2, 0) is 14.4 Å². The Morgan fingerprint density at radius 2 is 1.74 bits per heavy atom. The average Bonchev–Trinajstić information content (AvgIpc) is 2.29. The van der Waals surface area contributed by atoms with Crippen LogP contribution in [0.25, 0.3) is 0 Å². The summed E-state index contributed by atoms with van der Waals surface area (Å²) in [5.41, 5.74) is 4.90. The molecule has 19 heavy (non-hydrogen) atoms. The molecule has 0 saturated carbocycles. The van der Waals surface area contributed by atoms with E-state index in [4.69, 9.17) is 15.9 Å². The highest BCUT2D eigenvalue weighted by atomic mass is 16.4. The fraction of sp³-hybridized carbons (Fsp3) is 0.600. The molecule has 0 bridgehead atoms. The summed E-state index contributed by atoms with van der Waals surface area (Å²) in [7, 11) is 0. The summed E-state index contributed by atoms with van der Waals surface area (Å²) >= 11 is 0. The molecule has 0 radical (unpaired) electrons. The van der Waals surface area contributed by atoms with E-state index in [1.54, 1.807) is 0 Å². The second kappa shape index (κ2) is 8.72. The van der Waals surface area contributed by atoms with Crippen LogP contribution in [0.4, 0.5) is 4.79 Å². The highest BCUT2D eigenvalue weighted by molar-refractivity contribution is 5.83. The van der Waals surface area contributed by atoms with Crippen molar-refractivity contribution in [3.05, 3.63) is 0 Å². The van der Waals surface area contributed by atoms with Crippen molar-refractivity contribution in [2.45, 2.75) is 31.7 Å². The highest BCUT2D eigenvalue weighted by Gasteiger charge is 2.20. The van der Waals surface area contributed by atoms with Gasteiger partial charge in [0.1, 0.15) is 6.04 Å². The Morgan fingerprint density at radius 3 is 2.21 bits per heavy atom. The number of hydrogen-bond donors (Lipinski definition) is 5. The largest absolute Gasteiger partial charge is 0.481 e. The van der Waals surface area contributed by atoms with E-state index in [0.717, 1.165) is 0 Å². The number of carbonyl (C=O) groups excluding carboxylic acids is 2. The Labute approximate surface area is 109 Å². The molecule has 0 spiro atoms. The molecule has 9 nitrogen and oxygen atoms in total. The fourth-order valence-corrected chi connectivity index (χ4v) is 1.20. The number of carboxylic acid groups (broad SMARTS) is 2. The standard InChI is InChI=1S/C10H17N3O6/c11-7(14)2-1-5-12-10(19)13-6(9(17)18)3-4-8(15)16/h6H,1-5H2,(H2,11,14)(H,15,16)(H,17,18)(H2,12,13,19)/t6-/m0/s1. The van der Waals surface area contributed by atoms with E-state index in [9.17, 15) is 19.2 Å². The molecular formula is C10H17N3O6. The van der Waals surface area contributed by atoms with Gasteiger partial charge in [0.2, 0.25) is 5.91 Å². The molecule has 0 aromatic rings. The number of nitrogens with two attached hydrogens (primary N) is 1. The molecule has 0 aromatic carbocycles. The lowest BCUT2D eigenvalue weighted by Gasteiger charge is -2.14. The normalized spacial score (nSPS) is 11.4. The third kappa shape index (κ3) is 9.39. The first-order valence-corrected chi connectivity index (χ1v) is 5.60. The summed E-state index contributed by atoms with van der Waals surface area (Å²) in [5.74, 6) is -2.95. The van der Waals surface area contributed by atoms with Crippen LogP contribution >= 0.6 is 0 Å². The molecule has 0 aliphatic rings.